The summed E-state index contributed by atoms with van der Waals surface area (Å²) in [5.74, 6) is 0. The van der Waals surface area contributed by atoms with Crippen LogP contribution in [0.4, 0.5) is 0 Å². The van der Waals surface area contributed by atoms with Gasteiger partial charge in [-0.1, -0.05) is 0 Å². The van der Waals surface area contributed by atoms with Crippen LogP contribution in [0, 0.1) is 0 Å². The standard InChI is InChI=1S/C8H11NO2/c10-4-8(5-11-6-8)7-2-1-3-9-7/h1-3,9-10H,4-6H2. The average Bonchev–Trinajstić information content (AvgIpc) is 2.39. The number of aromatic nitrogens is 1. The van der Waals surface area contributed by atoms with Gasteiger partial charge in [0, 0.05) is 11.9 Å². The maximum atomic E-state index is 9.11. The summed E-state index contributed by atoms with van der Waals surface area (Å²) in [7, 11) is 0. The molecule has 1 saturated heterocycles. The van der Waals surface area contributed by atoms with E-state index in [9.17, 15) is 0 Å². The Morgan fingerprint density at radius 3 is 2.82 bits per heavy atom. The van der Waals surface area contributed by atoms with Gasteiger partial charge in [-0.25, -0.2) is 0 Å². The highest BCUT2D eigenvalue weighted by Gasteiger charge is 2.40. The van der Waals surface area contributed by atoms with Gasteiger partial charge in [0.2, 0.25) is 0 Å². The minimum absolute atomic E-state index is 0.135. The Labute approximate surface area is 65.0 Å². The molecule has 0 aliphatic carbocycles. The fourth-order valence-electron chi connectivity index (χ4n) is 1.34. The summed E-state index contributed by atoms with van der Waals surface area (Å²) in [6.07, 6.45) is 1.87. The van der Waals surface area contributed by atoms with Crippen LogP contribution in [0.15, 0.2) is 18.3 Å². The van der Waals surface area contributed by atoms with Gasteiger partial charge in [0.1, 0.15) is 0 Å². The lowest BCUT2D eigenvalue weighted by molar-refractivity contribution is -0.0859. The van der Waals surface area contributed by atoms with Crippen molar-refractivity contribution in [3.05, 3.63) is 24.0 Å². The number of H-pyrrole nitrogens is 1. The predicted molar refractivity (Wildman–Crippen MR) is 40.4 cm³/mol. The highest BCUT2D eigenvalue weighted by Crippen LogP contribution is 2.30. The first-order chi connectivity index (χ1) is 5.37. The zero-order chi connectivity index (χ0) is 7.73. The number of nitrogens with one attached hydrogen (secondary N) is 1. The van der Waals surface area contributed by atoms with Crippen molar-refractivity contribution < 1.29 is 9.84 Å². The molecule has 3 heteroatoms. The summed E-state index contributed by atoms with van der Waals surface area (Å²) < 4.78 is 5.07. The Balaban J connectivity index is 2.25. The molecule has 2 rings (SSSR count). The van der Waals surface area contributed by atoms with E-state index in [0.29, 0.717) is 13.2 Å². The maximum absolute atomic E-state index is 9.11. The SMILES string of the molecule is OCC1(c2ccc[nH]2)COC1. The second-order valence-electron chi connectivity index (χ2n) is 3.02. The van der Waals surface area contributed by atoms with Crippen LogP contribution in [-0.4, -0.2) is 29.9 Å². The smallest absolute Gasteiger partial charge is 0.0800 e. The third-order valence-corrected chi connectivity index (χ3v) is 2.23. The quantitative estimate of drug-likeness (QED) is 0.640. The number of ether oxygens (including phenoxy) is 1. The number of aliphatic hydroxyl groups excluding tert-OH is 1. The Hall–Kier alpha value is -0.800. The lowest BCUT2D eigenvalue weighted by Crippen LogP contribution is -2.49. The van der Waals surface area contributed by atoms with Crippen LogP contribution in [0.5, 0.6) is 0 Å². The predicted octanol–water partition coefficient (Wildman–Crippen LogP) is 0.275. The summed E-state index contributed by atoms with van der Waals surface area (Å²) in [6.45, 7) is 1.42. The highest BCUT2D eigenvalue weighted by atomic mass is 16.5. The van der Waals surface area contributed by atoms with Gasteiger partial charge in [-0.05, 0) is 12.1 Å². The molecule has 0 saturated carbocycles. The van der Waals surface area contributed by atoms with E-state index in [1.54, 1.807) is 0 Å². The number of rotatable bonds is 2. The van der Waals surface area contributed by atoms with Gasteiger partial charge in [-0.15, -0.1) is 0 Å². The van der Waals surface area contributed by atoms with Gasteiger partial charge in [-0.2, -0.15) is 0 Å². The molecule has 0 aromatic carbocycles. The highest BCUT2D eigenvalue weighted by molar-refractivity contribution is 5.20. The molecular formula is C8H11NO2. The van der Waals surface area contributed by atoms with Crippen molar-refractivity contribution in [2.45, 2.75) is 5.41 Å². The van der Waals surface area contributed by atoms with Crippen LogP contribution in [0.25, 0.3) is 0 Å². The molecule has 2 N–H and O–H groups in total. The Morgan fingerprint density at radius 1 is 1.64 bits per heavy atom. The zero-order valence-electron chi connectivity index (χ0n) is 6.21. The fraction of sp³-hybridized carbons (Fsp3) is 0.500. The molecular weight excluding hydrogens is 142 g/mol. The molecule has 0 radical (unpaired) electrons. The number of hydrogen-bond acceptors (Lipinski definition) is 2. The number of aromatic amines is 1. The van der Waals surface area contributed by atoms with Gasteiger partial charge in [0.05, 0.1) is 25.2 Å². The largest absolute Gasteiger partial charge is 0.395 e. The van der Waals surface area contributed by atoms with Crippen molar-refractivity contribution >= 4 is 0 Å². The monoisotopic (exact) mass is 153 g/mol. The molecule has 11 heavy (non-hydrogen) atoms. The lowest BCUT2D eigenvalue weighted by atomic mass is 9.83. The minimum Gasteiger partial charge on any atom is -0.395 e. The van der Waals surface area contributed by atoms with E-state index in [4.69, 9.17) is 9.84 Å². The topological polar surface area (TPSA) is 45.2 Å². The molecule has 3 nitrogen and oxygen atoms in total. The van der Waals surface area contributed by atoms with Crippen LogP contribution in [0.3, 0.4) is 0 Å². The molecule has 0 unspecified atom stereocenters. The van der Waals surface area contributed by atoms with Crippen molar-refractivity contribution in [1.29, 1.82) is 0 Å². The normalized spacial score (nSPS) is 21.2. The van der Waals surface area contributed by atoms with E-state index < -0.39 is 0 Å². The summed E-state index contributed by atoms with van der Waals surface area (Å²) in [6, 6.07) is 3.92. The van der Waals surface area contributed by atoms with E-state index in [2.05, 4.69) is 4.98 Å². The molecule has 1 fully saturated rings. The second kappa shape index (κ2) is 2.36. The molecule has 1 aliphatic heterocycles. The molecule has 1 aromatic heterocycles. The molecule has 2 heterocycles. The van der Waals surface area contributed by atoms with Gasteiger partial charge in [-0.3, -0.25) is 0 Å². The van der Waals surface area contributed by atoms with Crippen LogP contribution in [0.1, 0.15) is 5.69 Å². The average molecular weight is 153 g/mol. The summed E-state index contributed by atoms with van der Waals surface area (Å²) in [5, 5.41) is 9.11. The van der Waals surface area contributed by atoms with Gasteiger partial charge in [0.15, 0.2) is 0 Å². The van der Waals surface area contributed by atoms with Crippen molar-refractivity contribution in [3.8, 4) is 0 Å². The van der Waals surface area contributed by atoms with E-state index in [0.717, 1.165) is 5.69 Å². The van der Waals surface area contributed by atoms with Crippen LogP contribution >= 0.6 is 0 Å². The first-order valence-corrected chi connectivity index (χ1v) is 3.70. The minimum atomic E-state index is -0.135. The van der Waals surface area contributed by atoms with E-state index in [1.807, 2.05) is 18.3 Å². The maximum Gasteiger partial charge on any atom is 0.0800 e. The zero-order valence-corrected chi connectivity index (χ0v) is 6.21. The molecule has 1 aliphatic rings. The van der Waals surface area contributed by atoms with Crippen molar-refractivity contribution in [2.75, 3.05) is 19.8 Å². The summed E-state index contributed by atoms with van der Waals surface area (Å²) in [4.78, 5) is 3.09. The lowest BCUT2D eigenvalue weighted by Gasteiger charge is -2.39. The van der Waals surface area contributed by atoms with Crippen LogP contribution < -0.4 is 0 Å². The molecule has 1 aromatic rings. The summed E-state index contributed by atoms with van der Waals surface area (Å²) >= 11 is 0. The van der Waals surface area contributed by atoms with E-state index in [-0.39, 0.29) is 12.0 Å². The van der Waals surface area contributed by atoms with E-state index >= 15 is 0 Å². The second-order valence-corrected chi connectivity index (χ2v) is 3.02. The Morgan fingerprint density at radius 2 is 2.45 bits per heavy atom. The van der Waals surface area contributed by atoms with Gasteiger partial charge in [0.25, 0.3) is 0 Å². The van der Waals surface area contributed by atoms with Gasteiger partial charge >= 0.3 is 0 Å². The van der Waals surface area contributed by atoms with E-state index in [1.165, 1.54) is 0 Å². The van der Waals surface area contributed by atoms with Crippen LogP contribution in [0.2, 0.25) is 0 Å². The summed E-state index contributed by atoms with van der Waals surface area (Å²) in [5.41, 5.74) is 0.940. The first-order valence-electron chi connectivity index (χ1n) is 3.70. The molecule has 0 spiro atoms. The first kappa shape index (κ1) is 6.88. The van der Waals surface area contributed by atoms with Gasteiger partial charge < -0.3 is 14.8 Å². The van der Waals surface area contributed by atoms with Crippen molar-refractivity contribution in [2.24, 2.45) is 0 Å². The van der Waals surface area contributed by atoms with Crippen LogP contribution in [-0.2, 0) is 10.2 Å². The molecule has 0 bridgehead atoms. The number of aliphatic hydroxyl groups is 1. The fourth-order valence-corrected chi connectivity index (χ4v) is 1.34. The third-order valence-electron chi connectivity index (χ3n) is 2.23. The molecule has 0 amide bonds. The molecule has 0 atom stereocenters. The molecule has 60 valence electrons. The van der Waals surface area contributed by atoms with Crippen molar-refractivity contribution in [3.63, 3.8) is 0 Å². The third kappa shape index (κ3) is 0.886. The Bertz CT molecular complexity index is 221. The van der Waals surface area contributed by atoms with Crippen molar-refractivity contribution in [1.82, 2.24) is 4.98 Å². The Kier molecular flexibility index (Phi) is 1.47. The number of hydrogen-bond donors (Lipinski definition) is 2.